The summed E-state index contributed by atoms with van der Waals surface area (Å²) in [5, 5.41) is 2.80. The molecular weight excluding hydrogens is 472 g/mol. The molecule has 0 unspecified atom stereocenters. The zero-order valence-corrected chi connectivity index (χ0v) is 21.2. The third-order valence-corrected chi connectivity index (χ3v) is 7.41. The molecule has 4 aromatic carbocycles. The molecule has 0 atom stereocenters. The monoisotopic (exact) mass is 500 g/mol. The number of nitrogens with zero attached hydrogens (tertiary/aromatic N) is 1. The van der Waals surface area contributed by atoms with E-state index < -0.39 is 15.9 Å². The van der Waals surface area contributed by atoms with E-state index in [1.54, 1.807) is 54.6 Å². The summed E-state index contributed by atoms with van der Waals surface area (Å²) < 4.78 is 34.2. The number of sulfonamides is 1. The number of aryl methyl sites for hydroxylation is 3. The highest BCUT2D eigenvalue weighted by Crippen LogP contribution is 2.28. The van der Waals surface area contributed by atoms with E-state index in [-0.39, 0.29) is 11.4 Å². The molecule has 0 fully saturated rings. The molecule has 0 bridgehead atoms. The first-order chi connectivity index (χ1) is 17.2. The van der Waals surface area contributed by atoms with E-state index in [1.165, 1.54) is 0 Å². The van der Waals surface area contributed by atoms with E-state index in [0.717, 1.165) is 21.0 Å². The molecule has 0 radical (unpaired) electrons. The molecule has 7 heteroatoms. The minimum absolute atomic E-state index is 0.128. The third kappa shape index (κ3) is 5.93. The lowest BCUT2D eigenvalue weighted by Gasteiger charge is -2.26. The van der Waals surface area contributed by atoms with Crippen molar-refractivity contribution in [3.05, 3.63) is 114 Å². The van der Waals surface area contributed by atoms with Crippen LogP contribution in [0.1, 0.15) is 16.7 Å². The van der Waals surface area contributed by atoms with Gasteiger partial charge in [-0.25, -0.2) is 8.42 Å². The SMILES string of the molecule is Cc1ccc(S(=O)(=O)N(CC(=O)Nc2ccc(Oc3ccccc3)cc2)c2ccc(C)cc2C)cc1. The highest BCUT2D eigenvalue weighted by Gasteiger charge is 2.28. The number of ether oxygens (including phenoxy) is 1. The first-order valence-electron chi connectivity index (χ1n) is 11.5. The predicted molar refractivity (Wildman–Crippen MR) is 143 cm³/mol. The topological polar surface area (TPSA) is 75.7 Å². The maximum absolute atomic E-state index is 13.6. The van der Waals surface area contributed by atoms with Crippen molar-refractivity contribution in [2.45, 2.75) is 25.7 Å². The second-order valence-electron chi connectivity index (χ2n) is 8.60. The van der Waals surface area contributed by atoms with Crippen LogP contribution in [0.4, 0.5) is 11.4 Å². The Morgan fingerprint density at radius 3 is 2.03 bits per heavy atom. The van der Waals surface area contributed by atoms with Gasteiger partial charge < -0.3 is 10.1 Å². The fourth-order valence-corrected chi connectivity index (χ4v) is 5.27. The number of carbonyl (C=O) groups is 1. The third-order valence-electron chi connectivity index (χ3n) is 5.63. The van der Waals surface area contributed by atoms with Gasteiger partial charge in [-0.1, -0.05) is 53.6 Å². The normalized spacial score (nSPS) is 11.1. The number of carbonyl (C=O) groups excluding carboxylic acids is 1. The van der Waals surface area contributed by atoms with Gasteiger partial charge in [0.05, 0.1) is 10.6 Å². The summed E-state index contributed by atoms with van der Waals surface area (Å²) in [5.74, 6) is 0.875. The average Bonchev–Trinajstić information content (AvgIpc) is 2.85. The Labute approximate surface area is 212 Å². The largest absolute Gasteiger partial charge is 0.457 e. The summed E-state index contributed by atoms with van der Waals surface area (Å²) in [6, 6.07) is 28.4. The van der Waals surface area contributed by atoms with Crippen molar-refractivity contribution in [2.24, 2.45) is 0 Å². The first kappa shape index (κ1) is 25.0. The smallest absolute Gasteiger partial charge is 0.264 e. The standard InChI is InChI=1S/C29H28N2O4S/c1-21-9-16-27(17-10-21)36(33,34)31(28-18-11-22(2)19-23(28)3)20-29(32)30-24-12-14-26(15-13-24)35-25-7-5-4-6-8-25/h4-19H,20H2,1-3H3,(H,30,32). The van der Waals surface area contributed by atoms with Gasteiger partial charge in [-0.05, 0) is 80.9 Å². The molecule has 6 nitrogen and oxygen atoms in total. The van der Waals surface area contributed by atoms with Crippen LogP contribution in [-0.2, 0) is 14.8 Å². The van der Waals surface area contributed by atoms with Crippen molar-refractivity contribution in [2.75, 3.05) is 16.2 Å². The molecule has 1 N–H and O–H groups in total. The Morgan fingerprint density at radius 1 is 0.778 bits per heavy atom. The van der Waals surface area contributed by atoms with Gasteiger partial charge in [-0.2, -0.15) is 0 Å². The Balaban J connectivity index is 1.55. The van der Waals surface area contributed by atoms with Crippen LogP contribution in [0.3, 0.4) is 0 Å². The van der Waals surface area contributed by atoms with Crippen LogP contribution in [0, 0.1) is 20.8 Å². The van der Waals surface area contributed by atoms with Crippen molar-refractivity contribution in [1.29, 1.82) is 0 Å². The van der Waals surface area contributed by atoms with Gasteiger partial charge >= 0.3 is 0 Å². The van der Waals surface area contributed by atoms with Crippen LogP contribution in [0.2, 0.25) is 0 Å². The Hall–Kier alpha value is -4.10. The molecule has 1 amide bonds. The van der Waals surface area contributed by atoms with Gasteiger partial charge in [0.1, 0.15) is 18.0 Å². The van der Waals surface area contributed by atoms with E-state index in [4.69, 9.17) is 4.74 Å². The zero-order chi connectivity index (χ0) is 25.7. The van der Waals surface area contributed by atoms with Crippen LogP contribution >= 0.6 is 0 Å². The van der Waals surface area contributed by atoms with Crippen LogP contribution in [0.25, 0.3) is 0 Å². The number of amides is 1. The lowest BCUT2D eigenvalue weighted by atomic mass is 10.1. The second-order valence-corrected chi connectivity index (χ2v) is 10.5. The molecule has 0 saturated heterocycles. The summed E-state index contributed by atoms with van der Waals surface area (Å²) >= 11 is 0. The fraction of sp³-hybridized carbons (Fsp3) is 0.138. The first-order valence-corrected chi connectivity index (χ1v) is 13.0. The van der Waals surface area contributed by atoms with Gasteiger partial charge in [0, 0.05) is 5.69 Å². The highest BCUT2D eigenvalue weighted by molar-refractivity contribution is 7.92. The zero-order valence-electron chi connectivity index (χ0n) is 20.4. The van der Waals surface area contributed by atoms with Gasteiger partial charge in [0.2, 0.25) is 5.91 Å². The van der Waals surface area contributed by atoms with E-state index >= 15 is 0 Å². The molecule has 0 aliphatic carbocycles. The number of benzene rings is 4. The molecule has 0 aliphatic heterocycles. The summed E-state index contributed by atoms with van der Waals surface area (Å²) in [7, 11) is -3.98. The Kier molecular flexibility index (Phi) is 7.41. The second kappa shape index (κ2) is 10.7. The fourth-order valence-electron chi connectivity index (χ4n) is 3.78. The van der Waals surface area contributed by atoms with Crippen molar-refractivity contribution < 1.29 is 17.9 Å². The lowest BCUT2D eigenvalue weighted by molar-refractivity contribution is -0.114. The minimum atomic E-state index is -3.98. The quantitative estimate of drug-likeness (QED) is 0.311. The summed E-state index contributed by atoms with van der Waals surface area (Å²) in [6.45, 7) is 5.29. The van der Waals surface area contributed by atoms with E-state index in [2.05, 4.69) is 5.32 Å². The van der Waals surface area contributed by atoms with Crippen molar-refractivity contribution in [3.8, 4) is 11.5 Å². The molecule has 4 aromatic rings. The maximum atomic E-state index is 13.6. The number of anilines is 2. The summed E-state index contributed by atoms with van der Waals surface area (Å²) in [4.78, 5) is 13.2. The van der Waals surface area contributed by atoms with Gasteiger partial charge in [-0.3, -0.25) is 9.10 Å². The van der Waals surface area contributed by atoms with Gasteiger partial charge in [-0.15, -0.1) is 0 Å². The van der Waals surface area contributed by atoms with E-state index in [1.807, 2.05) is 63.2 Å². The summed E-state index contributed by atoms with van der Waals surface area (Å²) in [6.07, 6.45) is 0. The van der Waals surface area contributed by atoms with Crippen LogP contribution in [0.15, 0.2) is 102 Å². The molecule has 0 saturated carbocycles. The van der Waals surface area contributed by atoms with Gasteiger partial charge in [0.15, 0.2) is 0 Å². The highest BCUT2D eigenvalue weighted by atomic mass is 32.2. The molecule has 0 aliphatic rings. The molecule has 0 heterocycles. The van der Waals surface area contributed by atoms with Crippen molar-refractivity contribution in [1.82, 2.24) is 0 Å². The molecule has 0 aromatic heterocycles. The number of hydrogen-bond donors (Lipinski definition) is 1. The Morgan fingerprint density at radius 2 is 1.39 bits per heavy atom. The molecule has 184 valence electrons. The van der Waals surface area contributed by atoms with Crippen LogP contribution in [0.5, 0.6) is 11.5 Å². The summed E-state index contributed by atoms with van der Waals surface area (Å²) in [5.41, 5.74) is 3.72. The number of para-hydroxylation sites is 1. The molecule has 0 spiro atoms. The number of rotatable bonds is 8. The molecule has 4 rings (SSSR count). The maximum Gasteiger partial charge on any atom is 0.264 e. The predicted octanol–water partition coefficient (Wildman–Crippen LogP) is 6.24. The van der Waals surface area contributed by atoms with E-state index in [0.29, 0.717) is 22.9 Å². The number of hydrogen-bond acceptors (Lipinski definition) is 4. The van der Waals surface area contributed by atoms with Crippen LogP contribution in [-0.4, -0.2) is 20.9 Å². The van der Waals surface area contributed by atoms with Crippen molar-refractivity contribution >= 4 is 27.3 Å². The van der Waals surface area contributed by atoms with E-state index in [9.17, 15) is 13.2 Å². The molecule has 36 heavy (non-hydrogen) atoms. The average molecular weight is 501 g/mol. The van der Waals surface area contributed by atoms with Crippen LogP contribution < -0.4 is 14.4 Å². The minimum Gasteiger partial charge on any atom is -0.457 e. The molecular formula is C29H28N2O4S. The van der Waals surface area contributed by atoms with Gasteiger partial charge in [0.25, 0.3) is 10.0 Å². The van der Waals surface area contributed by atoms with Crippen molar-refractivity contribution in [3.63, 3.8) is 0 Å². The number of nitrogens with one attached hydrogen (secondary N) is 1. The Bertz CT molecular complexity index is 1450. The lowest BCUT2D eigenvalue weighted by Crippen LogP contribution is -2.38.